The Kier molecular flexibility index (Phi) is 9.65. The quantitative estimate of drug-likeness (QED) is 0.236. The molecule has 0 aromatic heterocycles. The van der Waals surface area contributed by atoms with Gasteiger partial charge in [0, 0.05) is 30.1 Å². The van der Waals surface area contributed by atoms with Crippen molar-refractivity contribution in [3.63, 3.8) is 0 Å². The second kappa shape index (κ2) is 12.2. The van der Waals surface area contributed by atoms with E-state index in [9.17, 15) is 13.2 Å². The van der Waals surface area contributed by atoms with Gasteiger partial charge < -0.3 is 14.2 Å². The lowest BCUT2D eigenvalue weighted by molar-refractivity contribution is -0.161. The molecule has 2 fully saturated rings. The summed E-state index contributed by atoms with van der Waals surface area (Å²) in [5, 5.41) is 9.15. The minimum atomic E-state index is -3.96. The van der Waals surface area contributed by atoms with Crippen LogP contribution in [0.4, 0.5) is 0 Å². The number of carbonyl (C=O) groups is 1. The van der Waals surface area contributed by atoms with Gasteiger partial charge >= 0.3 is 0 Å². The third-order valence-electron chi connectivity index (χ3n) is 5.63. The molecule has 1 aromatic rings. The first kappa shape index (κ1) is 26.8. The fourth-order valence-electron chi connectivity index (χ4n) is 3.91. The molecule has 1 amide bonds. The van der Waals surface area contributed by atoms with Crippen LogP contribution in [0, 0.1) is 11.8 Å². The largest absolute Gasteiger partial charge is 0.481 e. The highest BCUT2D eigenvalue weighted by Gasteiger charge is 2.48. The fourth-order valence-corrected chi connectivity index (χ4v) is 7.01. The molecular weight excluding hydrogens is 480 g/mol. The highest BCUT2D eigenvalue weighted by molar-refractivity contribution is 8.00. The zero-order valence-corrected chi connectivity index (χ0v) is 21.1. The van der Waals surface area contributed by atoms with Crippen LogP contribution in [0.5, 0.6) is 5.75 Å². The predicted molar refractivity (Wildman–Crippen MR) is 128 cm³/mol. The number of rotatable bonds is 8. The first-order valence-electron chi connectivity index (χ1n) is 11.3. The standard InChI is InChI=1S/C23H32N2O7S2/c1-23(2)21(22(26)24-27)25(13-17-33-23)34(28,29)19-11-9-18(10-12-19)30-14-5-3-6-15-31-20-8-4-7-16-32-20/h9-12,20-21,27H,4,6-8,13-17H2,1-2H3,(H,24,26). The summed E-state index contributed by atoms with van der Waals surface area (Å²) < 4.78 is 43.7. The summed E-state index contributed by atoms with van der Waals surface area (Å²) in [6.45, 7) is 5.16. The van der Waals surface area contributed by atoms with Crippen LogP contribution >= 0.6 is 11.8 Å². The van der Waals surface area contributed by atoms with E-state index in [4.69, 9.17) is 19.4 Å². The number of sulfonamides is 1. The maximum absolute atomic E-state index is 13.3. The normalized spacial score (nSPS) is 22.9. The average Bonchev–Trinajstić information content (AvgIpc) is 2.83. The molecular formula is C23H32N2O7S2. The van der Waals surface area contributed by atoms with Gasteiger partial charge in [0.05, 0.1) is 11.5 Å². The molecule has 0 saturated carbocycles. The lowest BCUT2D eigenvalue weighted by Crippen LogP contribution is -2.61. The van der Waals surface area contributed by atoms with Gasteiger partial charge in [0.2, 0.25) is 10.0 Å². The third kappa shape index (κ3) is 6.87. The van der Waals surface area contributed by atoms with Gasteiger partial charge in [-0.25, -0.2) is 13.9 Å². The maximum atomic E-state index is 13.3. The smallest absolute Gasteiger partial charge is 0.263 e. The number of hydroxylamine groups is 1. The maximum Gasteiger partial charge on any atom is 0.263 e. The van der Waals surface area contributed by atoms with Crippen molar-refractivity contribution in [1.82, 2.24) is 9.79 Å². The Morgan fingerprint density at radius 3 is 2.74 bits per heavy atom. The monoisotopic (exact) mass is 512 g/mol. The Labute approximate surface area is 205 Å². The lowest BCUT2D eigenvalue weighted by atomic mass is 10.0. The minimum absolute atomic E-state index is 0.0476. The molecule has 2 atom stereocenters. The van der Waals surface area contributed by atoms with Crippen molar-refractivity contribution in [2.45, 2.75) is 61.5 Å². The average molecular weight is 513 g/mol. The van der Waals surface area contributed by atoms with Gasteiger partial charge in [0.15, 0.2) is 6.29 Å². The summed E-state index contributed by atoms with van der Waals surface area (Å²) in [6.07, 6.45) is 3.59. The second-order valence-corrected chi connectivity index (χ2v) is 12.1. The number of nitrogens with zero attached hydrogens (tertiary/aromatic N) is 1. The molecule has 2 aliphatic rings. The van der Waals surface area contributed by atoms with Crippen LogP contribution in [0.15, 0.2) is 29.2 Å². The number of thioether (sulfide) groups is 1. The fraction of sp³-hybridized carbons (Fsp3) is 0.609. The SMILES string of the molecule is CC1(C)SCCN(S(=O)(=O)c2ccc(OCC#CCCOC3CCCCO3)cc2)C1C(=O)NO. The van der Waals surface area contributed by atoms with Crippen molar-refractivity contribution < 1.29 is 32.6 Å². The summed E-state index contributed by atoms with van der Waals surface area (Å²) in [5.41, 5.74) is 1.61. The molecule has 2 saturated heterocycles. The van der Waals surface area contributed by atoms with E-state index in [1.54, 1.807) is 31.5 Å². The molecule has 11 heteroatoms. The zero-order chi connectivity index (χ0) is 24.6. The van der Waals surface area contributed by atoms with Crippen LogP contribution in [0.3, 0.4) is 0 Å². The zero-order valence-electron chi connectivity index (χ0n) is 19.5. The number of hydrogen-bond donors (Lipinski definition) is 2. The van der Waals surface area contributed by atoms with Gasteiger partial charge in [-0.2, -0.15) is 16.1 Å². The Morgan fingerprint density at radius 1 is 1.29 bits per heavy atom. The summed E-state index contributed by atoms with van der Waals surface area (Å²) >= 11 is 1.49. The molecule has 3 rings (SSSR count). The Balaban J connectivity index is 1.53. The van der Waals surface area contributed by atoms with Crippen molar-refractivity contribution in [2.75, 3.05) is 32.1 Å². The number of benzene rings is 1. The molecule has 1 aromatic carbocycles. The van der Waals surface area contributed by atoms with Gasteiger partial charge in [-0.05, 0) is 57.4 Å². The first-order valence-corrected chi connectivity index (χ1v) is 13.7. The molecule has 2 N–H and O–H groups in total. The van der Waals surface area contributed by atoms with E-state index in [-0.39, 0.29) is 24.3 Å². The van der Waals surface area contributed by atoms with Crippen LogP contribution < -0.4 is 10.2 Å². The van der Waals surface area contributed by atoms with Crippen LogP contribution in [0.25, 0.3) is 0 Å². The Morgan fingerprint density at radius 2 is 2.06 bits per heavy atom. The van der Waals surface area contributed by atoms with Crippen molar-refractivity contribution in [3.05, 3.63) is 24.3 Å². The number of amides is 1. The van der Waals surface area contributed by atoms with Gasteiger partial charge in [-0.1, -0.05) is 11.8 Å². The van der Waals surface area contributed by atoms with Crippen LogP contribution in [-0.2, 0) is 24.3 Å². The van der Waals surface area contributed by atoms with Gasteiger partial charge in [-0.15, -0.1) is 0 Å². The third-order valence-corrected chi connectivity index (χ3v) is 8.86. The summed E-state index contributed by atoms with van der Waals surface area (Å²) in [6, 6.07) is 4.96. The van der Waals surface area contributed by atoms with Crippen molar-refractivity contribution in [1.29, 1.82) is 0 Å². The molecule has 0 spiro atoms. The molecule has 188 valence electrons. The molecule has 2 unspecified atom stereocenters. The van der Waals surface area contributed by atoms with Crippen LogP contribution in [0.2, 0.25) is 0 Å². The summed E-state index contributed by atoms with van der Waals surface area (Å²) in [7, 11) is -3.96. The van der Waals surface area contributed by atoms with E-state index in [1.807, 2.05) is 0 Å². The van der Waals surface area contributed by atoms with E-state index >= 15 is 0 Å². The number of nitrogens with one attached hydrogen (secondary N) is 1. The molecule has 9 nitrogen and oxygen atoms in total. The van der Waals surface area contributed by atoms with E-state index in [1.165, 1.54) is 23.9 Å². The topological polar surface area (TPSA) is 114 Å². The predicted octanol–water partition coefficient (Wildman–Crippen LogP) is 2.39. The van der Waals surface area contributed by atoms with Crippen LogP contribution in [-0.4, -0.2) is 73.0 Å². The minimum Gasteiger partial charge on any atom is -0.481 e. The van der Waals surface area contributed by atoms with Gasteiger partial charge in [0.1, 0.15) is 18.4 Å². The van der Waals surface area contributed by atoms with Gasteiger partial charge in [-0.3, -0.25) is 10.0 Å². The van der Waals surface area contributed by atoms with Crippen molar-refractivity contribution in [2.24, 2.45) is 0 Å². The van der Waals surface area contributed by atoms with E-state index < -0.39 is 26.7 Å². The van der Waals surface area contributed by atoms with Crippen molar-refractivity contribution >= 4 is 27.7 Å². The second-order valence-electron chi connectivity index (χ2n) is 8.48. The van der Waals surface area contributed by atoms with E-state index in [2.05, 4.69) is 11.8 Å². The molecule has 2 heterocycles. The van der Waals surface area contributed by atoms with Crippen LogP contribution in [0.1, 0.15) is 39.5 Å². The Hall–Kier alpha value is -1.81. The highest BCUT2D eigenvalue weighted by atomic mass is 32.2. The first-order chi connectivity index (χ1) is 16.3. The molecule has 34 heavy (non-hydrogen) atoms. The van der Waals surface area contributed by atoms with E-state index in [0.717, 1.165) is 30.2 Å². The van der Waals surface area contributed by atoms with Crippen molar-refractivity contribution in [3.8, 4) is 17.6 Å². The summed E-state index contributed by atoms with van der Waals surface area (Å²) in [4.78, 5) is 12.3. The molecule has 2 aliphatic heterocycles. The molecule has 0 radical (unpaired) electrons. The highest BCUT2D eigenvalue weighted by Crippen LogP contribution is 2.38. The summed E-state index contributed by atoms with van der Waals surface area (Å²) in [5.74, 6) is 6.17. The lowest BCUT2D eigenvalue weighted by Gasteiger charge is -2.43. The number of hydrogen-bond acceptors (Lipinski definition) is 8. The molecule has 0 aliphatic carbocycles. The molecule has 0 bridgehead atoms. The Bertz CT molecular complexity index is 981. The number of ether oxygens (including phenoxy) is 3. The number of carbonyl (C=O) groups excluding carboxylic acids is 1. The van der Waals surface area contributed by atoms with E-state index in [0.29, 0.717) is 24.5 Å². The van der Waals surface area contributed by atoms with Gasteiger partial charge in [0.25, 0.3) is 5.91 Å².